The molecule has 108 valence electrons. The van der Waals surface area contributed by atoms with Gasteiger partial charge in [0, 0.05) is 19.2 Å². The molecule has 1 atom stereocenters. The molecule has 1 aromatic carbocycles. The molecule has 0 saturated carbocycles. The highest BCUT2D eigenvalue weighted by Crippen LogP contribution is 2.30. The SMILES string of the molecule is COCc1cccc(C(=O)N2CCCC2(C)C(=O)O)c1. The maximum atomic E-state index is 12.5. The number of carboxylic acid groups (broad SMARTS) is 1. The molecule has 1 saturated heterocycles. The van der Waals surface area contributed by atoms with Gasteiger partial charge in [0.1, 0.15) is 5.54 Å². The van der Waals surface area contributed by atoms with Crippen LogP contribution in [-0.4, -0.2) is 41.1 Å². The van der Waals surface area contributed by atoms with Gasteiger partial charge < -0.3 is 14.7 Å². The predicted octanol–water partition coefficient (Wildman–Crippen LogP) is 1.91. The van der Waals surface area contributed by atoms with Crippen molar-refractivity contribution in [2.45, 2.75) is 31.9 Å². The summed E-state index contributed by atoms with van der Waals surface area (Å²) >= 11 is 0. The number of nitrogens with zero attached hydrogens (tertiary/aromatic N) is 1. The van der Waals surface area contributed by atoms with Crippen LogP contribution in [0, 0.1) is 0 Å². The number of likely N-dealkylation sites (tertiary alicyclic amines) is 1. The smallest absolute Gasteiger partial charge is 0.329 e. The molecule has 5 nitrogen and oxygen atoms in total. The van der Waals surface area contributed by atoms with E-state index in [0.29, 0.717) is 31.6 Å². The first-order valence-corrected chi connectivity index (χ1v) is 6.62. The maximum absolute atomic E-state index is 12.5. The van der Waals surface area contributed by atoms with Crippen molar-refractivity contribution in [3.63, 3.8) is 0 Å². The van der Waals surface area contributed by atoms with E-state index < -0.39 is 11.5 Å². The number of aliphatic carboxylic acids is 1. The Morgan fingerprint density at radius 3 is 2.85 bits per heavy atom. The van der Waals surface area contributed by atoms with E-state index in [-0.39, 0.29) is 5.91 Å². The van der Waals surface area contributed by atoms with Crippen molar-refractivity contribution in [2.24, 2.45) is 0 Å². The molecule has 0 spiro atoms. The number of carbonyl (C=O) groups is 2. The molecule has 1 heterocycles. The van der Waals surface area contributed by atoms with Crippen LogP contribution in [-0.2, 0) is 16.1 Å². The van der Waals surface area contributed by atoms with E-state index in [1.54, 1.807) is 32.2 Å². The summed E-state index contributed by atoms with van der Waals surface area (Å²) in [6.45, 7) is 2.52. The number of amides is 1. The molecule has 0 aliphatic carbocycles. The Kier molecular flexibility index (Phi) is 4.09. The highest BCUT2D eigenvalue weighted by molar-refractivity contribution is 5.98. The standard InChI is InChI=1S/C15H19NO4/c1-15(14(18)19)7-4-8-16(15)13(17)12-6-3-5-11(9-12)10-20-2/h3,5-6,9H,4,7-8,10H2,1-2H3,(H,18,19). The van der Waals surface area contributed by atoms with Gasteiger partial charge in [-0.15, -0.1) is 0 Å². The number of benzene rings is 1. The van der Waals surface area contributed by atoms with Crippen LogP contribution in [0.3, 0.4) is 0 Å². The van der Waals surface area contributed by atoms with Gasteiger partial charge in [0.05, 0.1) is 6.61 Å². The van der Waals surface area contributed by atoms with Crippen molar-refractivity contribution in [2.75, 3.05) is 13.7 Å². The third-order valence-corrected chi connectivity index (χ3v) is 3.83. The van der Waals surface area contributed by atoms with E-state index in [0.717, 1.165) is 5.56 Å². The summed E-state index contributed by atoms with van der Waals surface area (Å²) in [4.78, 5) is 25.4. The zero-order chi connectivity index (χ0) is 14.8. The second kappa shape index (κ2) is 5.63. The van der Waals surface area contributed by atoms with Crippen LogP contribution in [0.25, 0.3) is 0 Å². The number of carboxylic acids is 1. The first kappa shape index (κ1) is 14.5. The molecule has 20 heavy (non-hydrogen) atoms. The summed E-state index contributed by atoms with van der Waals surface area (Å²) in [5.41, 5.74) is 0.303. The Balaban J connectivity index is 2.27. The van der Waals surface area contributed by atoms with Gasteiger partial charge in [0.15, 0.2) is 0 Å². The first-order chi connectivity index (χ1) is 9.49. The van der Waals surface area contributed by atoms with Crippen LogP contribution in [0.5, 0.6) is 0 Å². The topological polar surface area (TPSA) is 66.8 Å². The van der Waals surface area contributed by atoms with Gasteiger partial charge in [-0.25, -0.2) is 4.79 Å². The summed E-state index contributed by atoms with van der Waals surface area (Å²) in [6.07, 6.45) is 1.21. The van der Waals surface area contributed by atoms with Crippen LogP contribution in [0.15, 0.2) is 24.3 Å². The first-order valence-electron chi connectivity index (χ1n) is 6.62. The molecule has 1 N–H and O–H groups in total. The van der Waals surface area contributed by atoms with Crippen LogP contribution in [0.2, 0.25) is 0 Å². The van der Waals surface area contributed by atoms with Crippen LogP contribution < -0.4 is 0 Å². The zero-order valence-electron chi connectivity index (χ0n) is 11.8. The Hall–Kier alpha value is -1.88. The van der Waals surface area contributed by atoms with Gasteiger partial charge in [0.2, 0.25) is 0 Å². The fraction of sp³-hybridized carbons (Fsp3) is 0.467. The third kappa shape index (κ3) is 2.54. The molecule has 1 amide bonds. The van der Waals surface area contributed by atoms with Crippen LogP contribution >= 0.6 is 0 Å². The zero-order valence-corrected chi connectivity index (χ0v) is 11.8. The van der Waals surface area contributed by atoms with Gasteiger partial charge in [-0.1, -0.05) is 12.1 Å². The predicted molar refractivity (Wildman–Crippen MR) is 73.5 cm³/mol. The molecular weight excluding hydrogens is 258 g/mol. The minimum absolute atomic E-state index is 0.231. The number of hydrogen-bond acceptors (Lipinski definition) is 3. The molecule has 0 bridgehead atoms. The normalized spacial score (nSPS) is 22.0. The Labute approximate surface area is 118 Å². The number of rotatable bonds is 4. The lowest BCUT2D eigenvalue weighted by Gasteiger charge is -2.31. The molecule has 1 unspecified atom stereocenters. The van der Waals surface area contributed by atoms with Crippen molar-refractivity contribution in [3.8, 4) is 0 Å². The maximum Gasteiger partial charge on any atom is 0.329 e. The third-order valence-electron chi connectivity index (χ3n) is 3.83. The number of carbonyl (C=O) groups excluding carboxylic acids is 1. The van der Waals surface area contributed by atoms with Gasteiger partial charge >= 0.3 is 5.97 Å². The lowest BCUT2D eigenvalue weighted by Crippen LogP contribution is -2.50. The van der Waals surface area contributed by atoms with Crippen LogP contribution in [0.1, 0.15) is 35.7 Å². The molecule has 5 heteroatoms. The Morgan fingerprint density at radius 2 is 2.20 bits per heavy atom. The van der Waals surface area contributed by atoms with Gasteiger partial charge in [0.25, 0.3) is 5.91 Å². The van der Waals surface area contributed by atoms with Crippen molar-refractivity contribution < 1.29 is 19.4 Å². The van der Waals surface area contributed by atoms with Crippen molar-refractivity contribution >= 4 is 11.9 Å². The van der Waals surface area contributed by atoms with Crippen molar-refractivity contribution in [1.29, 1.82) is 0 Å². The van der Waals surface area contributed by atoms with Crippen LogP contribution in [0.4, 0.5) is 0 Å². The molecule has 0 radical (unpaired) electrons. The van der Waals surface area contributed by atoms with Gasteiger partial charge in [-0.3, -0.25) is 4.79 Å². The summed E-state index contributed by atoms with van der Waals surface area (Å²) in [7, 11) is 1.59. The van der Waals surface area contributed by atoms with E-state index in [1.165, 1.54) is 4.90 Å². The minimum atomic E-state index is -1.10. The lowest BCUT2D eigenvalue weighted by molar-refractivity contribution is -0.147. The average Bonchev–Trinajstić information content (AvgIpc) is 2.82. The van der Waals surface area contributed by atoms with E-state index in [4.69, 9.17) is 4.74 Å². The second-order valence-electron chi connectivity index (χ2n) is 5.27. The molecule has 1 aromatic rings. The lowest BCUT2D eigenvalue weighted by atomic mass is 9.98. The second-order valence-corrected chi connectivity index (χ2v) is 5.27. The molecule has 1 aliphatic rings. The van der Waals surface area contributed by atoms with E-state index >= 15 is 0 Å². The highest BCUT2D eigenvalue weighted by atomic mass is 16.5. The molecule has 2 rings (SSSR count). The average molecular weight is 277 g/mol. The summed E-state index contributed by atoms with van der Waals surface area (Å²) < 4.78 is 5.05. The van der Waals surface area contributed by atoms with Crippen molar-refractivity contribution in [3.05, 3.63) is 35.4 Å². The summed E-state index contributed by atoms with van der Waals surface area (Å²) in [6, 6.07) is 7.13. The minimum Gasteiger partial charge on any atom is -0.480 e. The van der Waals surface area contributed by atoms with Gasteiger partial charge in [-0.05, 0) is 37.5 Å². The van der Waals surface area contributed by atoms with E-state index in [1.807, 2.05) is 6.07 Å². The quantitative estimate of drug-likeness (QED) is 0.913. The largest absolute Gasteiger partial charge is 0.480 e. The number of hydrogen-bond donors (Lipinski definition) is 1. The fourth-order valence-electron chi connectivity index (χ4n) is 2.63. The highest BCUT2D eigenvalue weighted by Gasteiger charge is 2.46. The van der Waals surface area contributed by atoms with E-state index in [2.05, 4.69) is 0 Å². The fourth-order valence-corrected chi connectivity index (χ4v) is 2.63. The van der Waals surface area contributed by atoms with Gasteiger partial charge in [-0.2, -0.15) is 0 Å². The summed E-state index contributed by atoms with van der Waals surface area (Å²) in [5, 5.41) is 9.36. The number of methoxy groups -OCH3 is 1. The molecular formula is C15H19NO4. The monoisotopic (exact) mass is 277 g/mol. The molecule has 1 fully saturated rings. The van der Waals surface area contributed by atoms with E-state index in [9.17, 15) is 14.7 Å². The number of ether oxygens (including phenoxy) is 1. The Bertz CT molecular complexity index is 528. The molecule has 0 aromatic heterocycles. The summed E-state index contributed by atoms with van der Waals surface area (Å²) in [5.74, 6) is -1.18. The van der Waals surface area contributed by atoms with Crippen molar-refractivity contribution in [1.82, 2.24) is 4.90 Å². The Morgan fingerprint density at radius 1 is 1.45 bits per heavy atom. The molecule has 1 aliphatic heterocycles.